The molecule has 0 aliphatic carbocycles. The molecule has 13 aromatic carbocycles. The zero-order chi connectivity index (χ0) is 41.4. The number of aryl methyl sites for hydroxylation is 4. The number of hydrogen-bond acceptors (Lipinski definition) is 0. The first-order valence-corrected chi connectivity index (χ1v) is 21.9. The molecule has 0 atom stereocenters. The molecular formula is C62H42. The zero-order valence-corrected chi connectivity index (χ0v) is 35.3. The van der Waals surface area contributed by atoms with Gasteiger partial charge in [0.15, 0.2) is 0 Å². The third kappa shape index (κ3) is 4.78. The molecule has 0 saturated heterocycles. The molecule has 0 aliphatic heterocycles. The summed E-state index contributed by atoms with van der Waals surface area (Å²) in [5, 5.41) is 21.1. The van der Waals surface area contributed by atoms with Crippen LogP contribution in [0.2, 0.25) is 0 Å². The van der Waals surface area contributed by atoms with E-state index in [1.165, 1.54) is 153 Å². The zero-order valence-electron chi connectivity index (χ0n) is 35.3. The van der Waals surface area contributed by atoms with Crippen LogP contribution >= 0.6 is 0 Å². The van der Waals surface area contributed by atoms with Gasteiger partial charge in [-0.2, -0.15) is 0 Å². The van der Waals surface area contributed by atoms with Crippen LogP contribution in [0, 0.1) is 27.7 Å². The SMILES string of the molecule is Cc1cccc(C)c1-c1ccc2c(-c3ccccc3)c3c4cc5c(cc6c7ccc(-c8c(C)cccc8C)cc7c7cccc5c76)c5cccc(c3c(-c3ccccc3)c2c1)c54. The quantitative estimate of drug-likeness (QED) is 0.156. The van der Waals surface area contributed by atoms with Crippen LogP contribution in [0.1, 0.15) is 22.3 Å². The molecule has 0 amide bonds. The van der Waals surface area contributed by atoms with Gasteiger partial charge in [-0.25, -0.2) is 0 Å². The predicted molar refractivity (Wildman–Crippen MR) is 270 cm³/mol. The summed E-state index contributed by atoms with van der Waals surface area (Å²) in [4.78, 5) is 0. The summed E-state index contributed by atoms with van der Waals surface area (Å²) in [5.41, 5.74) is 15.5. The van der Waals surface area contributed by atoms with Crippen LogP contribution in [0.5, 0.6) is 0 Å². The fourth-order valence-corrected chi connectivity index (χ4v) is 11.7. The van der Waals surface area contributed by atoms with Crippen LogP contribution in [0.4, 0.5) is 0 Å². The lowest BCUT2D eigenvalue weighted by Crippen LogP contribution is -1.92. The van der Waals surface area contributed by atoms with E-state index in [0.29, 0.717) is 0 Å². The molecule has 290 valence electrons. The summed E-state index contributed by atoms with van der Waals surface area (Å²) < 4.78 is 0. The van der Waals surface area contributed by atoms with Crippen molar-refractivity contribution in [2.24, 2.45) is 0 Å². The van der Waals surface area contributed by atoms with Gasteiger partial charge < -0.3 is 0 Å². The normalized spacial score (nSPS) is 12.2. The van der Waals surface area contributed by atoms with E-state index in [2.05, 4.69) is 210 Å². The van der Waals surface area contributed by atoms with Gasteiger partial charge >= 0.3 is 0 Å². The van der Waals surface area contributed by atoms with Gasteiger partial charge in [-0.3, -0.25) is 0 Å². The Morgan fingerprint density at radius 2 is 0.597 bits per heavy atom. The molecule has 0 N–H and O–H groups in total. The summed E-state index contributed by atoms with van der Waals surface area (Å²) >= 11 is 0. The molecule has 0 bridgehead atoms. The lowest BCUT2D eigenvalue weighted by molar-refractivity contribution is 1.38. The van der Waals surface area contributed by atoms with Crippen molar-refractivity contribution in [1.29, 1.82) is 0 Å². The highest BCUT2D eigenvalue weighted by Crippen LogP contribution is 2.54. The molecule has 0 saturated carbocycles. The van der Waals surface area contributed by atoms with E-state index >= 15 is 0 Å². The van der Waals surface area contributed by atoms with E-state index in [0.717, 1.165) is 0 Å². The van der Waals surface area contributed by atoms with Crippen molar-refractivity contribution >= 4 is 86.2 Å². The fraction of sp³-hybridized carbons (Fsp3) is 0.0645. The van der Waals surface area contributed by atoms with Gasteiger partial charge in [-0.1, -0.05) is 158 Å². The Labute approximate surface area is 361 Å². The largest absolute Gasteiger partial charge is 0.0622 e. The Morgan fingerprint density at radius 3 is 1.15 bits per heavy atom. The Hall–Kier alpha value is -7.54. The summed E-state index contributed by atoms with van der Waals surface area (Å²) in [6.07, 6.45) is 0. The molecule has 0 radical (unpaired) electrons. The minimum atomic E-state index is 1.24. The molecule has 0 aromatic heterocycles. The second-order valence-corrected chi connectivity index (χ2v) is 17.7. The highest BCUT2D eigenvalue weighted by Gasteiger charge is 2.26. The Kier molecular flexibility index (Phi) is 7.38. The first-order chi connectivity index (χ1) is 30.4. The van der Waals surface area contributed by atoms with Crippen LogP contribution < -0.4 is 0 Å². The Bertz CT molecular complexity index is 3940. The number of fused-ring (bicyclic) bond motifs is 10. The van der Waals surface area contributed by atoms with Gasteiger partial charge in [0.2, 0.25) is 0 Å². The lowest BCUT2D eigenvalue weighted by atomic mass is 9.84. The first-order valence-electron chi connectivity index (χ1n) is 21.9. The first kappa shape index (κ1) is 35.2. The van der Waals surface area contributed by atoms with Crippen molar-refractivity contribution in [3.63, 3.8) is 0 Å². The van der Waals surface area contributed by atoms with Crippen molar-refractivity contribution in [2.75, 3.05) is 0 Å². The predicted octanol–water partition coefficient (Wildman–Crippen LogP) is 17.7. The van der Waals surface area contributed by atoms with Crippen LogP contribution in [-0.2, 0) is 0 Å². The number of hydrogen-bond donors (Lipinski definition) is 0. The Balaban J connectivity index is 1.21. The van der Waals surface area contributed by atoms with E-state index < -0.39 is 0 Å². The van der Waals surface area contributed by atoms with Crippen LogP contribution in [0.3, 0.4) is 0 Å². The molecule has 0 spiro atoms. The fourth-order valence-electron chi connectivity index (χ4n) is 11.7. The maximum absolute atomic E-state index is 2.55. The second kappa shape index (κ2) is 13.0. The van der Waals surface area contributed by atoms with Gasteiger partial charge in [0.25, 0.3) is 0 Å². The summed E-state index contributed by atoms with van der Waals surface area (Å²) in [6, 6.07) is 69.1. The number of rotatable bonds is 4. The van der Waals surface area contributed by atoms with Crippen LogP contribution in [0.15, 0.2) is 182 Å². The molecule has 0 fully saturated rings. The maximum Gasteiger partial charge on any atom is -0.000719 e. The standard InChI is InChI=1S/C62H42/c1-35-15-11-16-36(2)55(35)41-27-29-43-49(31-41)44-23-13-24-45-51-34-54-60-46(50(51)33-53(43)59(44)45)25-14-26-48(60)61-58(40-21-9-6-10-22-40)52-32-42(56-37(3)17-12-18-38(56)4)28-30-47(52)57(62(54)61)39-19-7-5-8-20-39/h5-34H,1-4H3. The molecule has 13 rings (SSSR count). The monoisotopic (exact) mass is 786 g/mol. The van der Waals surface area contributed by atoms with Crippen LogP contribution in [-0.4, -0.2) is 0 Å². The minimum Gasteiger partial charge on any atom is -0.0622 e. The number of benzene rings is 11. The van der Waals surface area contributed by atoms with Crippen LogP contribution in [0.25, 0.3) is 131 Å². The topological polar surface area (TPSA) is 0 Å². The molecule has 0 aliphatic rings. The Morgan fingerprint density at radius 1 is 0.194 bits per heavy atom. The van der Waals surface area contributed by atoms with Gasteiger partial charge in [0, 0.05) is 0 Å². The van der Waals surface area contributed by atoms with E-state index in [4.69, 9.17) is 0 Å². The van der Waals surface area contributed by atoms with E-state index in [-0.39, 0.29) is 0 Å². The minimum absolute atomic E-state index is 1.24. The van der Waals surface area contributed by atoms with E-state index in [9.17, 15) is 0 Å². The van der Waals surface area contributed by atoms with Crippen molar-refractivity contribution in [3.05, 3.63) is 204 Å². The van der Waals surface area contributed by atoms with Crippen molar-refractivity contribution in [3.8, 4) is 44.5 Å². The molecular weight excluding hydrogens is 745 g/mol. The maximum atomic E-state index is 2.55. The third-order valence-electron chi connectivity index (χ3n) is 14.2. The van der Waals surface area contributed by atoms with Gasteiger partial charge in [0.05, 0.1) is 0 Å². The third-order valence-corrected chi connectivity index (χ3v) is 14.2. The summed E-state index contributed by atoms with van der Waals surface area (Å²) in [5.74, 6) is 0. The lowest BCUT2D eigenvalue weighted by Gasteiger charge is -2.19. The van der Waals surface area contributed by atoms with Gasteiger partial charge in [-0.05, 0) is 205 Å². The smallest absolute Gasteiger partial charge is 0.000719 e. The molecule has 62 heavy (non-hydrogen) atoms. The van der Waals surface area contributed by atoms with Gasteiger partial charge in [0.1, 0.15) is 0 Å². The molecule has 0 unspecified atom stereocenters. The average Bonchev–Trinajstić information content (AvgIpc) is 3.79. The average molecular weight is 787 g/mol. The van der Waals surface area contributed by atoms with Crippen molar-refractivity contribution in [1.82, 2.24) is 0 Å². The molecule has 0 nitrogen and oxygen atoms in total. The molecule has 0 heterocycles. The summed E-state index contributed by atoms with van der Waals surface area (Å²) in [6.45, 7) is 8.94. The second-order valence-electron chi connectivity index (χ2n) is 17.7. The molecule has 13 aromatic rings. The summed E-state index contributed by atoms with van der Waals surface area (Å²) in [7, 11) is 0. The van der Waals surface area contributed by atoms with E-state index in [1.54, 1.807) is 0 Å². The highest BCUT2D eigenvalue weighted by molar-refractivity contribution is 6.45. The van der Waals surface area contributed by atoms with Gasteiger partial charge in [-0.15, -0.1) is 0 Å². The highest BCUT2D eigenvalue weighted by atomic mass is 14.3. The van der Waals surface area contributed by atoms with E-state index in [1.807, 2.05) is 0 Å². The molecule has 0 heteroatoms. The van der Waals surface area contributed by atoms with Crippen molar-refractivity contribution < 1.29 is 0 Å². The van der Waals surface area contributed by atoms with Crippen molar-refractivity contribution in [2.45, 2.75) is 27.7 Å².